The zero-order valence-corrected chi connectivity index (χ0v) is 18.7. The Balaban J connectivity index is 1.83. The molecule has 31 heavy (non-hydrogen) atoms. The fourth-order valence-corrected chi connectivity index (χ4v) is 4.59. The topological polar surface area (TPSA) is 84.3 Å². The zero-order chi connectivity index (χ0) is 22.1. The van der Waals surface area contributed by atoms with Gasteiger partial charge in [-0.3, -0.25) is 19.1 Å². The van der Waals surface area contributed by atoms with Gasteiger partial charge in [0.1, 0.15) is 0 Å². The molecule has 7 nitrogen and oxygen atoms in total. The molecule has 3 aromatic rings. The third-order valence-corrected chi connectivity index (χ3v) is 6.24. The molecule has 1 fully saturated rings. The van der Waals surface area contributed by atoms with Crippen molar-refractivity contribution in [1.29, 1.82) is 0 Å². The number of para-hydroxylation sites is 1. The monoisotopic (exact) mass is 456 g/mol. The van der Waals surface area contributed by atoms with Gasteiger partial charge in [0.05, 0.1) is 22.3 Å². The first kappa shape index (κ1) is 21.4. The van der Waals surface area contributed by atoms with Crippen molar-refractivity contribution in [2.75, 3.05) is 18.8 Å². The quantitative estimate of drug-likeness (QED) is 0.466. The van der Waals surface area contributed by atoms with E-state index < -0.39 is 6.03 Å². The highest BCUT2D eigenvalue weighted by Crippen LogP contribution is 2.28. The minimum absolute atomic E-state index is 0.0181. The number of benzene rings is 2. The molecule has 1 aliphatic rings. The second-order valence-corrected chi connectivity index (χ2v) is 8.85. The molecule has 0 aliphatic carbocycles. The minimum Gasteiger partial charge on any atom is -0.336 e. The number of hydrogen-bond donors (Lipinski definition) is 1. The molecule has 2 heterocycles. The summed E-state index contributed by atoms with van der Waals surface area (Å²) >= 11 is 7.25. The Morgan fingerprint density at radius 2 is 2.00 bits per heavy atom. The van der Waals surface area contributed by atoms with Crippen molar-refractivity contribution < 1.29 is 9.59 Å². The second kappa shape index (κ2) is 8.72. The fourth-order valence-electron chi connectivity index (χ4n) is 3.54. The molecule has 0 radical (unpaired) electrons. The molecular formula is C22H21ClN4O3S. The third-order valence-electron chi connectivity index (χ3n) is 5.08. The lowest BCUT2D eigenvalue weighted by atomic mass is 10.0. The number of thioether (sulfide) groups is 1. The van der Waals surface area contributed by atoms with Crippen LogP contribution in [0.25, 0.3) is 16.6 Å². The Hall–Kier alpha value is -2.84. The summed E-state index contributed by atoms with van der Waals surface area (Å²) in [5.74, 6) is -0.170. The molecule has 1 N–H and O–H groups in total. The lowest BCUT2D eigenvalue weighted by molar-refractivity contribution is -0.124. The van der Waals surface area contributed by atoms with Crippen LogP contribution in [-0.4, -0.2) is 45.2 Å². The summed E-state index contributed by atoms with van der Waals surface area (Å²) in [7, 11) is 0. The maximum atomic E-state index is 13.5. The van der Waals surface area contributed by atoms with Crippen molar-refractivity contribution in [1.82, 2.24) is 19.8 Å². The van der Waals surface area contributed by atoms with Gasteiger partial charge in [-0.05, 0) is 35.7 Å². The Morgan fingerprint density at radius 3 is 2.71 bits per heavy atom. The van der Waals surface area contributed by atoms with Crippen molar-refractivity contribution in [2.45, 2.75) is 24.9 Å². The van der Waals surface area contributed by atoms with E-state index in [0.717, 1.165) is 23.0 Å². The molecule has 3 amide bonds. The average molecular weight is 457 g/mol. The summed E-state index contributed by atoms with van der Waals surface area (Å²) in [4.78, 5) is 43.7. The molecular weight excluding hydrogens is 436 g/mol. The molecule has 0 unspecified atom stereocenters. The Labute approximate surface area is 188 Å². The van der Waals surface area contributed by atoms with Crippen LogP contribution in [-0.2, 0) is 4.79 Å². The number of hydrogen-bond acceptors (Lipinski definition) is 5. The Morgan fingerprint density at radius 1 is 1.23 bits per heavy atom. The summed E-state index contributed by atoms with van der Waals surface area (Å²) in [6.45, 7) is 4.89. The normalized spacial score (nSPS) is 13.8. The van der Waals surface area contributed by atoms with Gasteiger partial charge < -0.3 is 5.32 Å². The smallest absolute Gasteiger partial charge is 0.324 e. The lowest BCUT2D eigenvalue weighted by Gasteiger charge is -2.18. The van der Waals surface area contributed by atoms with Crippen LogP contribution in [0.2, 0.25) is 5.02 Å². The van der Waals surface area contributed by atoms with E-state index in [2.05, 4.69) is 24.1 Å². The number of carbonyl (C=O) groups excluding carboxylic acids is 2. The largest absolute Gasteiger partial charge is 0.336 e. The minimum atomic E-state index is -0.397. The van der Waals surface area contributed by atoms with Crippen LogP contribution in [0, 0.1) is 0 Å². The van der Waals surface area contributed by atoms with Crippen LogP contribution in [0.1, 0.15) is 25.3 Å². The standard InChI is InChI=1S/C22H21ClN4O3S/c1-13(2)15-5-3-4-6-18(15)27-20(29)16-8-7-14(23)11-17(16)25-22(27)31-12-19(28)26-10-9-24-21(26)30/h3-8,11,13H,9-10,12H2,1-2H3,(H,24,30). The predicted octanol–water partition coefficient (Wildman–Crippen LogP) is 3.81. The van der Waals surface area contributed by atoms with Crippen molar-refractivity contribution in [3.05, 3.63) is 63.4 Å². The van der Waals surface area contributed by atoms with Crippen molar-refractivity contribution in [2.24, 2.45) is 0 Å². The van der Waals surface area contributed by atoms with Crippen LogP contribution in [0.3, 0.4) is 0 Å². The van der Waals surface area contributed by atoms with E-state index in [4.69, 9.17) is 11.6 Å². The van der Waals surface area contributed by atoms with Gasteiger partial charge in [0.25, 0.3) is 5.56 Å². The highest BCUT2D eigenvalue weighted by molar-refractivity contribution is 7.99. The number of amides is 3. The molecule has 1 aliphatic heterocycles. The summed E-state index contributed by atoms with van der Waals surface area (Å²) in [5.41, 5.74) is 1.95. The van der Waals surface area contributed by atoms with Gasteiger partial charge in [-0.1, -0.05) is 55.4 Å². The van der Waals surface area contributed by atoms with Gasteiger partial charge >= 0.3 is 6.03 Å². The van der Waals surface area contributed by atoms with Gasteiger partial charge in [-0.2, -0.15) is 0 Å². The van der Waals surface area contributed by atoms with Gasteiger partial charge in [0.2, 0.25) is 5.91 Å². The summed E-state index contributed by atoms with van der Waals surface area (Å²) in [5, 5.41) is 3.91. The number of carbonyl (C=O) groups is 2. The molecule has 2 aromatic carbocycles. The number of urea groups is 1. The average Bonchev–Trinajstić information content (AvgIpc) is 3.17. The molecule has 9 heteroatoms. The molecule has 0 spiro atoms. The number of halogens is 1. The highest BCUT2D eigenvalue weighted by Gasteiger charge is 2.27. The van der Waals surface area contributed by atoms with Gasteiger partial charge in [0, 0.05) is 18.1 Å². The van der Waals surface area contributed by atoms with Gasteiger partial charge in [-0.15, -0.1) is 0 Å². The van der Waals surface area contributed by atoms with Crippen LogP contribution >= 0.6 is 23.4 Å². The number of imide groups is 1. The zero-order valence-electron chi connectivity index (χ0n) is 17.1. The van der Waals surface area contributed by atoms with Gasteiger partial charge in [0.15, 0.2) is 5.16 Å². The Kier molecular flexibility index (Phi) is 6.02. The number of nitrogens with one attached hydrogen (secondary N) is 1. The van der Waals surface area contributed by atoms with Crippen LogP contribution in [0.15, 0.2) is 52.4 Å². The highest BCUT2D eigenvalue weighted by atomic mass is 35.5. The van der Waals surface area contributed by atoms with E-state index in [0.29, 0.717) is 34.2 Å². The number of fused-ring (bicyclic) bond motifs is 1. The SMILES string of the molecule is CC(C)c1ccccc1-n1c(SCC(=O)N2CCNC2=O)nc2cc(Cl)ccc2c1=O. The van der Waals surface area contributed by atoms with Crippen molar-refractivity contribution >= 4 is 46.2 Å². The van der Waals surface area contributed by atoms with Crippen molar-refractivity contribution in [3.63, 3.8) is 0 Å². The molecule has 1 aromatic heterocycles. The van der Waals surface area contributed by atoms with Crippen LogP contribution in [0.4, 0.5) is 4.79 Å². The van der Waals surface area contributed by atoms with E-state index in [9.17, 15) is 14.4 Å². The third kappa shape index (κ3) is 4.18. The summed E-state index contributed by atoms with van der Waals surface area (Å²) in [6.07, 6.45) is 0. The molecule has 0 atom stereocenters. The summed E-state index contributed by atoms with van der Waals surface area (Å²) < 4.78 is 1.55. The van der Waals surface area contributed by atoms with E-state index in [1.807, 2.05) is 24.3 Å². The van der Waals surface area contributed by atoms with E-state index >= 15 is 0 Å². The number of nitrogens with zero attached hydrogens (tertiary/aromatic N) is 3. The van der Waals surface area contributed by atoms with Crippen LogP contribution in [0.5, 0.6) is 0 Å². The maximum Gasteiger partial charge on any atom is 0.324 e. The molecule has 4 rings (SSSR count). The first-order valence-electron chi connectivity index (χ1n) is 9.89. The van der Waals surface area contributed by atoms with E-state index in [-0.39, 0.29) is 23.1 Å². The lowest BCUT2D eigenvalue weighted by Crippen LogP contribution is -2.35. The summed E-state index contributed by atoms with van der Waals surface area (Å²) in [6, 6.07) is 12.2. The van der Waals surface area contributed by atoms with E-state index in [1.165, 1.54) is 4.90 Å². The van der Waals surface area contributed by atoms with Gasteiger partial charge in [-0.25, -0.2) is 9.78 Å². The first-order valence-corrected chi connectivity index (χ1v) is 11.3. The molecule has 1 saturated heterocycles. The molecule has 0 saturated carbocycles. The molecule has 0 bridgehead atoms. The fraction of sp³-hybridized carbons (Fsp3) is 0.273. The van der Waals surface area contributed by atoms with E-state index in [1.54, 1.807) is 22.8 Å². The second-order valence-electron chi connectivity index (χ2n) is 7.48. The molecule has 160 valence electrons. The number of aromatic nitrogens is 2. The number of rotatable bonds is 5. The predicted molar refractivity (Wildman–Crippen MR) is 122 cm³/mol. The first-order chi connectivity index (χ1) is 14.9. The Bertz CT molecular complexity index is 1240. The van der Waals surface area contributed by atoms with Crippen LogP contribution < -0.4 is 10.9 Å². The van der Waals surface area contributed by atoms with Crippen molar-refractivity contribution in [3.8, 4) is 5.69 Å². The maximum absolute atomic E-state index is 13.5.